The Labute approximate surface area is 157 Å². The van der Waals surface area contributed by atoms with Crippen molar-refractivity contribution in [2.75, 3.05) is 33.9 Å². The van der Waals surface area contributed by atoms with Crippen LogP contribution in [-0.2, 0) is 15.9 Å². The molecule has 2 rings (SSSR count). The molecule has 0 spiro atoms. The summed E-state index contributed by atoms with van der Waals surface area (Å²) < 4.78 is 22.9. The summed E-state index contributed by atoms with van der Waals surface area (Å²) in [5.41, 5.74) is 0.487. The summed E-state index contributed by atoms with van der Waals surface area (Å²) in [6, 6.07) is 3.81. The number of carbonyl (C=O) groups excluding carboxylic acids is 1. The number of benzene rings is 1. The predicted octanol–water partition coefficient (Wildman–Crippen LogP) is 3.64. The van der Waals surface area contributed by atoms with Crippen LogP contribution in [0, 0.1) is 0 Å². The molecule has 0 saturated carbocycles. The highest BCUT2D eigenvalue weighted by molar-refractivity contribution is 9.10. The van der Waals surface area contributed by atoms with E-state index in [0.29, 0.717) is 31.9 Å². The Morgan fingerprint density at radius 3 is 2.56 bits per heavy atom. The highest BCUT2D eigenvalue weighted by Gasteiger charge is 2.29. The van der Waals surface area contributed by atoms with Crippen LogP contribution < -0.4 is 9.47 Å². The van der Waals surface area contributed by atoms with Crippen LogP contribution in [-0.4, -0.2) is 56.6 Å². The minimum atomic E-state index is -0.505. The third-order valence-corrected chi connectivity index (χ3v) is 4.41. The van der Waals surface area contributed by atoms with Crippen LogP contribution >= 0.6 is 15.9 Å². The molecule has 1 atom stereocenters. The van der Waals surface area contributed by atoms with Crippen molar-refractivity contribution in [3.8, 4) is 11.5 Å². The molecule has 7 heteroatoms. The molecule has 1 amide bonds. The standard InChI is InChI=1S/C18H26BrNO5/c1-18(2,3)25-17(21)20-6-7-24-13(11-20)8-12-9-14(19)16(23-5)10-15(12)22-4/h9-10,13H,6-8,11H2,1-5H3. The first-order valence-electron chi connectivity index (χ1n) is 8.23. The first-order chi connectivity index (χ1) is 11.7. The highest BCUT2D eigenvalue weighted by atomic mass is 79.9. The molecule has 0 aromatic heterocycles. The van der Waals surface area contributed by atoms with E-state index < -0.39 is 5.60 Å². The van der Waals surface area contributed by atoms with Crippen LogP contribution in [0.5, 0.6) is 11.5 Å². The Bertz CT molecular complexity index is 614. The van der Waals surface area contributed by atoms with Gasteiger partial charge in [-0.15, -0.1) is 0 Å². The molecule has 1 heterocycles. The molecule has 0 N–H and O–H groups in total. The lowest BCUT2D eigenvalue weighted by Crippen LogP contribution is -2.48. The van der Waals surface area contributed by atoms with Gasteiger partial charge >= 0.3 is 6.09 Å². The largest absolute Gasteiger partial charge is 0.496 e. The van der Waals surface area contributed by atoms with Gasteiger partial charge in [0.05, 0.1) is 37.9 Å². The van der Waals surface area contributed by atoms with E-state index in [1.807, 2.05) is 32.9 Å². The first-order valence-corrected chi connectivity index (χ1v) is 9.02. The Hall–Kier alpha value is -1.47. The second-order valence-electron chi connectivity index (χ2n) is 6.92. The fraction of sp³-hybridized carbons (Fsp3) is 0.611. The van der Waals surface area contributed by atoms with Gasteiger partial charge in [0.1, 0.15) is 17.1 Å². The van der Waals surface area contributed by atoms with Crippen molar-refractivity contribution in [3.05, 3.63) is 22.2 Å². The SMILES string of the molecule is COc1cc(OC)c(CC2CN(C(=O)OC(C)(C)C)CCO2)cc1Br. The van der Waals surface area contributed by atoms with Crippen molar-refractivity contribution in [1.82, 2.24) is 4.90 Å². The maximum Gasteiger partial charge on any atom is 0.410 e. The van der Waals surface area contributed by atoms with Crippen molar-refractivity contribution in [2.45, 2.75) is 38.9 Å². The molecule has 1 aromatic rings. The van der Waals surface area contributed by atoms with E-state index in [1.165, 1.54) is 0 Å². The van der Waals surface area contributed by atoms with Gasteiger partial charge in [0.2, 0.25) is 0 Å². The van der Waals surface area contributed by atoms with Gasteiger partial charge in [0, 0.05) is 19.0 Å². The number of amides is 1. The summed E-state index contributed by atoms with van der Waals surface area (Å²) in [4.78, 5) is 14.0. The Kier molecular flexibility index (Phi) is 6.57. The molecule has 1 aliphatic heterocycles. The van der Waals surface area contributed by atoms with Crippen LogP contribution in [0.4, 0.5) is 4.79 Å². The fourth-order valence-corrected chi connectivity index (χ4v) is 3.21. The minimum Gasteiger partial charge on any atom is -0.496 e. The number of halogens is 1. The third kappa shape index (κ3) is 5.51. The number of carbonyl (C=O) groups is 1. The Morgan fingerprint density at radius 1 is 1.28 bits per heavy atom. The van der Waals surface area contributed by atoms with Crippen molar-refractivity contribution >= 4 is 22.0 Å². The number of hydrogen-bond acceptors (Lipinski definition) is 5. The van der Waals surface area contributed by atoms with Gasteiger partial charge < -0.3 is 23.8 Å². The summed E-state index contributed by atoms with van der Waals surface area (Å²) >= 11 is 3.50. The van der Waals surface area contributed by atoms with E-state index in [9.17, 15) is 4.79 Å². The highest BCUT2D eigenvalue weighted by Crippen LogP contribution is 2.34. The number of hydrogen-bond donors (Lipinski definition) is 0. The van der Waals surface area contributed by atoms with Crippen LogP contribution in [0.2, 0.25) is 0 Å². The van der Waals surface area contributed by atoms with Gasteiger partial charge in [0.15, 0.2) is 0 Å². The van der Waals surface area contributed by atoms with E-state index in [0.717, 1.165) is 15.8 Å². The third-order valence-electron chi connectivity index (χ3n) is 3.79. The lowest BCUT2D eigenvalue weighted by atomic mass is 10.1. The van der Waals surface area contributed by atoms with Crippen molar-refractivity contribution in [1.29, 1.82) is 0 Å². The zero-order valence-corrected chi connectivity index (χ0v) is 17.0. The molecule has 1 aliphatic rings. The molecular weight excluding hydrogens is 390 g/mol. The maximum absolute atomic E-state index is 12.3. The quantitative estimate of drug-likeness (QED) is 0.750. The normalized spacial score (nSPS) is 18.0. The summed E-state index contributed by atoms with van der Waals surface area (Å²) in [7, 11) is 3.24. The number of rotatable bonds is 4. The number of morpholine rings is 1. The number of methoxy groups -OCH3 is 2. The van der Waals surface area contributed by atoms with Gasteiger partial charge in [-0.25, -0.2) is 4.79 Å². The molecular formula is C18H26BrNO5. The van der Waals surface area contributed by atoms with Gasteiger partial charge in [-0.1, -0.05) is 0 Å². The molecule has 1 unspecified atom stereocenters. The van der Waals surface area contributed by atoms with E-state index in [2.05, 4.69) is 15.9 Å². The first kappa shape index (κ1) is 19.8. The number of ether oxygens (including phenoxy) is 4. The van der Waals surface area contributed by atoms with Crippen molar-refractivity contribution in [3.63, 3.8) is 0 Å². The zero-order valence-electron chi connectivity index (χ0n) is 15.4. The molecule has 6 nitrogen and oxygen atoms in total. The average Bonchev–Trinajstić information content (AvgIpc) is 2.54. The molecule has 0 bridgehead atoms. The molecule has 1 fully saturated rings. The molecule has 0 radical (unpaired) electrons. The van der Waals surface area contributed by atoms with E-state index in [1.54, 1.807) is 19.1 Å². The average molecular weight is 416 g/mol. The van der Waals surface area contributed by atoms with E-state index in [-0.39, 0.29) is 12.2 Å². The maximum atomic E-state index is 12.3. The Balaban J connectivity index is 2.08. The second-order valence-corrected chi connectivity index (χ2v) is 7.78. The van der Waals surface area contributed by atoms with Crippen LogP contribution in [0.25, 0.3) is 0 Å². The predicted molar refractivity (Wildman–Crippen MR) is 98.5 cm³/mol. The lowest BCUT2D eigenvalue weighted by Gasteiger charge is -2.34. The summed E-state index contributed by atoms with van der Waals surface area (Å²) in [6.45, 7) is 7.11. The summed E-state index contributed by atoms with van der Waals surface area (Å²) in [5.74, 6) is 1.44. The lowest BCUT2D eigenvalue weighted by molar-refractivity contribution is -0.0416. The van der Waals surface area contributed by atoms with Gasteiger partial charge in [0.25, 0.3) is 0 Å². The number of nitrogens with zero attached hydrogens (tertiary/aromatic N) is 1. The monoisotopic (exact) mass is 415 g/mol. The smallest absolute Gasteiger partial charge is 0.410 e. The van der Waals surface area contributed by atoms with Crippen molar-refractivity contribution in [2.24, 2.45) is 0 Å². The van der Waals surface area contributed by atoms with Crippen LogP contribution in [0.3, 0.4) is 0 Å². The fourth-order valence-electron chi connectivity index (χ4n) is 2.66. The van der Waals surface area contributed by atoms with E-state index in [4.69, 9.17) is 18.9 Å². The van der Waals surface area contributed by atoms with Gasteiger partial charge in [-0.05, 0) is 48.3 Å². The molecule has 1 saturated heterocycles. The molecule has 25 heavy (non-hydrogen) atoms. The van der Waals surface area contributed by atoms with Crippen LogP contribution in [0.15, 0.2) is 16.6 Å². The van der Waals surface area contributed by atoms with Gasteiger partial charge in [-0.2, -0.15) is 0 Å². The summed E-state index contributed by atoms with van der Waals surface area (Å²) in [5, 5.41) is 0. The van der Waals surface area contributed by atoms with Crippen molar-refractivity contribution < 1.29 is 23.7 Å². The molecule has 1 aromatic carbocycles. The second kappa shape index (κ2) is 8.27. The zero-order chi connectivity index (χ0) is 18.6. The van der Waals surface area contributed by atoms with E-state index >= 15 is 0 Å². The van der Waals surface area contributed by atoms with Crippen LogP contribution in [0.1, 0.15) is 26.3 Å². The summed E-state index contributed by atoms with van der Waals surface area (Å²) in [6.07, 6.45) is 0.213. The van der Waals surface area contributed by atoms with Gasteiger partial charge in [-0.3, -0.25) is 0 Å². The minimum absolute atomic E-state index is 0.115. The Morgan fingerprint density at radius 2 is 1.96 bits per heavy atom. The molecule has 0 aliphatic carbocycles. The topological polar surface area (TPSA) is 57.2 Å². The molecule has 140 valence electrons.